The molecule has 0 bridgehead atoms. The number of rotatable bonds is 1. The maximum absolute atomic E-state index is 9.26. The van der Waals surface area contributed by atoms with Crippen LogP contribution >= 0.6 is 0 Å². The lowest BCUT2D eigenvalue weighted by Crippen LogP contribution is -2.46. The van der Waals surface area contributed by atoms with Crippen LogP contribution in [0.5, 0.6) is 0 Å². The van der Waals surface area contributed by atoms with E-state index in [0.29, 0.717) is 6.04 Å². The maximum atomic E-state index is 9.26. The second-order valence-corrected chi connectivity index (χ2v) is 5.66. The summed E-state index contributed by atoms with van der Waals surface area (Å²) in [4.78, 5) is 2.37. The number of nitriles is 1. The topological polar surface area (TPSA) is 39.1 Å². The Morgan fingerprint density at radius 2 is 2.11 bits per heavy atom. The second-order valence-electron chi connectivity index (χ2n) is 5.66. The van der Waals surface area contributed by atoms with Gasteiger partial charge in [-0.2, -0.15) is 5.26 Å². The molecule has 1 aliphatic rings. The Labute approximate surface area is 109 Å². The SMILES string of the molecule is CC1CN(c2ccccc2C#N)C(C)(C)CCN1. The second kappa shape index (κ2) is 4.99. The number of para-hydroxylation sites is 1. The summed E-state index contributed by atoms with van der Waals surface area (Å²) in [5.74, 6) is 0. The van der Waals surface area contributed by atoms with E-state index in [1.54, 1.807) is 0 Å². The minimum Gasteiger partial charge on any atom is -0.364 e. The number of anilines is 1. The van der Waals surface area contributed by atoms with E-state index in [-0.39, 0.29) is 5.54 Å². The highest BCUT2D eigenvalue weighted by Crippen LogP contribution is 2.30. The van der Waals surface area contributed by atoms with Crippen LogP contribution in [-0.2, 0) is 0 Å². The number of hydrogen-bond acceptors (Lipinski definition) is 3. The Kier molecular flexibility index (Phi) is 3.58. The monoisotopic (exact) mass is 243 g/mol. The summed E-state index contributed by atoms with van der Waals surface area (Å²) in [7, 11) is 0. The Morgan fingerprint density at radius 1 is 1.39 bits per heavy atom. The molecule has 0 aromatic heterocycles. The first-order valence-corrected chi connectivity index (χ1v) is 6.55. The normalized spacial score (nSPS) is 23.2. The summed E-state index contributed by atoms with van der Waals surface area (Å²) in [6.07, 6.45) is 1.08. The van der Waals surface area contributed by atoms with Gasteiger partial charge < -0.3 is 10.2 Å². The molecule has 0 amide bonds. The van der Waals surface area contributed by atoms with Crippen LogP contribution in [-0.4, -0.2) is 24.7 Å². The molecule has 1 unspecified atom stereocenters. The summed E-state index contributed by atoms with van der Waals surface area (Å²) in [5, 5.41) is 12.8. The molecule has 3 nitrogen and oxygen atoms in total. The maximum Gasteiger partial charge on any atom is 0.101 e. The lowest BCUT2D eigenvalue weighted by molar-refractivity contribution is 0.453. The number of hydrogen-bond donors (Lipinski definition) is 1. The largest absolute Gasteiger partial charge is 0.364 e. The third kappa shape index (κ3) is 2.49. The molecular formula is C15H21N3. The molecule has 1 N–H and O–H groups in total. The van der Waals surface area contributed by atoms with Crippen molar-refractivity contribution in [1.82, 2.24) is 5.32 Å². The summed E-state index contributed by atoms with van der Waals surface area (Å²) in [6, 6.07) is 10.6. The Balaban J connectivity index is 2.42. The Bertz CT molecular complexity index is 459. The van der Waals surface area contributed by atoms with Crippen molar-refractivity contribution < 1.29 is 0 Å². The van der Waals surface area contributed by atoms with Gasteiger partial charge in [-0.25, -0.2) is 0 Å². The molecular weight excluding hydrogens is 222 g/mol. The lowest BCUT2D eigenvalue weighted by atomic mass is 9.96. The van der Waals surface area contributed by atoms with Gasteiger partial charge in [0.2, 0.25) is 0 Å². The molecule has 1 aromatic carbocycles. The molecule has 1 atom stereocenters. The zero-order valence-corrected chi connectivity index (χ0v) is 11.4. The number of benzene rings is 1. The molecule has 1 aromatic rings. The molecule has 2 rings (SSSR count). The van der Waals surface area contributed by atoms with Gasteiger partial charge in [-0.1, -0.05) is 12.1 Å². The third-order valence-electron chi connectivity index (χ3n) is 3.73. The van der Waals surface area contributed by atoms with Gasteiger partial charge in [0.05, 0.1) is 11.3 Å². The van der Waals surface area contributed by atoms with Crippen molar-refractivity contribution in [2.45, 2.75) is 38.8 Å². The highest BCUT2D eigenvalue weighted by Gasteiger charge is 2.31. The third-order valence-corrected chi connectivity index (χ3v) is 3.73. The van der Waals surface area contributed by atoms with Gasteiger partial charge >= 0.3 is 0 Å². The quantitative estimate of drug-likeness (QED) is 0.823. The Morgan fingerprint density at radius 3 is 2.83 bits per heavy atom. The highest BCUT2D eigenvalue weighted by molar-refractivity contribution is 5.60. The van der Waals surface area contributed by atoms with Crippen LogP contribution < -0.4 is 10.2 Å². The predicted molar refractivity (Wildman–Crippen MR) is 74.7 cm³/mol. The first-order chi connectivity index (χ1) is 8.54. The average Bonchev–Trinajstić information content (AvgIpc) is 2.48. The fourth-order valence-electron chi connectivity index (χ4n) is 2.57. The van der Waals surface area contributed by atoms with Gasteiger partial charge in [-0.3, -0.25) is 0 Å². The minimum absolute atomic E-state index is 0.0741. The summed E-state index contributed by atoms with van der Waals surface area (Å²) >= 11 is 0. The zero-order valence-electron chi connectivity index (χ0n) is 11.4. The molecule has 0 aliphatic carbocycles. The predicted octanol–water partition coefficient (Wildman–Crippen LogP) is 2.53. The highest BCUT2D eigenvalue weighted by atomic mass is 15.2. The van der Waals surface area contributed by atoms with E-state index in [1.165, 1.54) is 0 Å². The first-order valence-electron chi connectivity index (χ1n) is 6.55. The van der Waals surface area contributed by atoms with Crippen LogP contribution in [0.4, 0.5) is 5.69 Å². The van der Waals surface area contributed by atoms with E-state index < -0.39 is 0 Å². The summed E-state index contributed by atoms with van der Waals surface area (Å²) in [6.45, 7) is 8.66. The molecule has 0 radical (unpaired) electrons. The van der Waals surface area contributed by atoms with E-state index in [0.717, 1.165) is 30.8 Å². The van der Waals surface area contributed by atoms with Gasteiger partial charge in [0.15, 0.2) is 0 Å². The van der Waals surface area contributed by atoms with E-state index >= 15 is 0 Å². The van der Waals surface area contributed by atoms with Crippen molar-refractivity contribution in [1.29, 1.82) is 5.26 Å². The molecule has 1 heterocycles. The van der Waals surface area contributed by atoms with Crippen LogP contribution in [0, 0.1) is 11.3 Å². The van der Waals surface area contributed by atoms with Crippen molar-refractivity contribution >= 4 is 5.69 Å². The Hall–Kier alpha value is -1.53. The van der Waals surface area contributed by atoms with Crippen LogP contribution in [0.25, 0.3) is 0 Å². The van der Waals surface area contributed by atoms with Crippen LogP contribution in [0.1, 0.15) is 32.8 Å². The standard InChI is InChI=1S/C15H21N3/c1-12-11-18(15(2,3)8-9-17-12)14-7-5-4-6-13(14)10-16/h4-7,12,17H,8-9,11H2,1-3H3. The van der Waals surface area contributed by atoms with E-state index in [2.05, 4.69) is 43.1 Å². The van der Waals surface area contributed by atoms with Gasteiger partial charge in [0, 0.05) is 18.1 Å². The van der Waals surface area contributed by atoms with E-state index in [1.807, 2.05) is 18.2 Å². The van der Waals surface area contributed by atoms with Gasteiger partial charge in [0.1, 0.15) is 6.07 Å². The van der Waals surface area contributed by atoms with Gasteiger partial charge in [-0.15, -0.1) is 0 Å². The average molecular weight is 243 g/mol. The fourth-order valence-corrected chi connectivity index (χ4v) is 2.57. The van der Waals surface area contributed by atoms with E-state index in [9.17, 15) is 5.26 Å². The molecule has 1 saturated heterocycles. The molecule has 3 heteroatoms. The van der Waals surface area contributed by atoms with Crippen molar-refractivity contribution in [2.75, 3.05) is 18.0 Å². The van der Waals surface area contributed by atoms with Crippen LogP contribution in [0.3, 0.4) is 0 Å². The molecule has 0 spiro atoms. The van der Waals surface area contributed by atoms with Crippen molar-refractivity contribution in [3.63, 3.8) is 0 Å². The summed E-state index contributed by atoms with van der Waals surface area (Å²) in [5.41, 5.74) is 1.89. The van der Waals surface area contributed by atoms with Gasteiger partial charge in [0.25, 0.3) is 0 Å². The number of nitrogens with one attached hydrogen (secondary N) is 1. The van der Waals surface area contributed by atoms with Gasteiger partial charge in [-0.05, 0) is 45.9 Å². The number of nitrogens with zero attached hydrogens (tertiary/aromatic N) is 2. The molecule has 0 saturated carbocycles. The van der Waals surface area contributed by atoms with Crippen LogP contribution in [0.15, 0.2) is 24.3 Å². The zero-order chi connectivity index (χ0) is 13.2. The van der Waals surface area contributed by atoms with Crippen molar-refractivity contribution in [2.24, 2.45) is 0 Å². The van der Waals surface area contributed by atoms with Crippen LogP contribution in [0.2, 0.25) is 0 Å². The lowest BCUT2D eigenvalue weighted by Gasteiger charge is -2.40. The van der Waals surface area contributed by atoms with E-state index in [4.69, 9.17) is 0 Å². The molecule has 18 heavy (non-hydrogen) atoms. The van der Waals surface area contributed by atoms with Crippen molar-refractivity contribution in [3.8, 4) is 6.07 Å². The summed E-state index contributed by atoms with van der Waals surface area (Å²) < 4.78 is 0. The minimum atomic E-state index is 0.0741. The molecule has 96 valence electrons. The molecule has 1 fully saturated rings. The van der Waals surface area contributed by atoms with Crippen molar-refractivity contribution in [3.05, 3.63) is 29.8 Å². The molecule has 1 aliphatic heterocycles. The smallest absolute Gasteiger partial charge is 0.101 e. The first kappa shape index (κ1) is 12.9. The fraction of sp³-hybridized carbons (Fsp3) is 0.533.